The van der Waals surface area contributed by atoms with Crippen LogP contribution in [0.15, 0.2) is 48.7 Å². The lowest BCUT2D eigenvalue weighted by molar-refractivity contribution is 1.02. The Labute approximate surface area is 129 Å². The van der Waals surface area contributed by atoms with E-state index in [1.54, 1.807) is 0 Å². The predicted octanol–water partition coefficient (Wildman–Crippen LogP) is 4.39. The highest BCUT2D eigenvalue weighted by molar-refractivity contribution is 5.97. The van der Waals surface area contributed by atoms with Crippen LogP contribution in [-0.2, 0) is 0 Å². The fourth-order valence-electron chi connectivity index (χ4n) is 3.47. The quantitative estimate of drug-likeness (QED) is 0.554. The van der Waals surface area contributed by atoms with E-state index in [1.165, 1.54) is 27.8 Å². The van der Waals surface area contributed by atoms with Gasteiger partial charge in [-0.3, -0.25) is 0 Å². The van der Waals surface area contributed by atoms with Crippen LogP contribution >= 0.6 is 0 Å². The maximum Gasteiger partial charge on any atom is 0.0949 e. The van der Waals surface area contributed by atoms with Gasteiger partial charge in [0.2, 0.25) is 0 Å². The molecule has 0 aliphatic carbocycles. The lowest BCUT2D eigenvalue weighted by Gasteiger charge is -2.14. The number of fused-ring (bicyclic) bond motifs is 3. The lowest BCUT2D eigenvalue weighted by atomic mass is 10.1. The second kappa shape index (κ2) is 4.41. The molecular formula is C19H19N3. The minimum Gasteiger partial charge on any atom is -0.396 e. The minimum atomic E-state index is 0.851. The number of rotatable bonds is 1. The molecule has 3 aromatic heterocycles. The van der Waals surface area contributed by atoms with E-state index in [9.17, 15) is 0 Å². The first kappa shape index (κ1) is 13.0. The number of nitrogens with two attached hydrogens (primary N) is 1. The molecule has 0 bridgehead atoms. The molecule has 0 saturated carbocycles. The molecule has 3 nitrogen and oxygen atoms in total. The molecule has 110 valence electrons. The highest BCUT2D eigenvalue weighted by atomic mass is 15.1. The molecule has 22 heavy (non-hydrogen) atoms. The zero-order valence-electron chi connectivity index (χ0n) is 13.1. The molecule has 0 saturated heterocycles. The zero-order valence-corrected chi connectivity index (χ0v) is 13.1. The molecule has 4 rings (SSSR count). The number of nitrogens with zero attached hydrogens (tertiary/aromatic N) is 2. The first-order valence-electron chi connectivity index (χ1n) is 7.52. The summed E-state index contributed by atoms with van der Waals surface area (Å²) in [5, 5.41) is 0. The maximum atomic E-state index is 6.45. The number of nitrogen functional groups attached to an aromatic ring is 1. The Morgan fingerprint density at radius 1 is 0.909 bits per heavy atom. The summed E-state index contributed by atoms with van der Waals surface area (Å²) in [6.45, 7) is 6.40. The van der Waals surface area contributed by atoms with E-state index < -0.39 is 0 Å². The van der Waals surface area contributed by atoms with Crippen molar-refractivity contribution < 1.29 is 0 Å². The van der Waals surface area contributed by atoms with E-state index in [0.29, 0.717) is 0 Å². The Bertz CT molecular complexity index is 998. The van der Waals surface area contributed by atoms with Gasteiger partial charge in [-0.05, 0) is 50.1 Å². The molecule has 2 N–H and O–H groups in total. The molecule has 0 aliphatic heterocycles. The number of hydrogen-bond donors (Lipinski definition) is 1. The number of hydrogen-bond acceptors (Lipinski definition) is 1. The van der Waals surface area contributed by atoms with Crippen molar-refractivity contribution in [3.8, 4) is 5.69 Å². The fraction of sp³-hybridized carbons (Fsp3) is 0.158. The molecule has 3 heteroatoms. The third kappa shape index (κ3) is 1.56. The van der Waals surface area contributed by atoms with Crippen LogP contribution < -0.4 is 5.73 Å². The van der Waals surface area contributed by atoms with Crippen LogP contribution in [-0.4, -0.2) is 8.97 Å². The van der Waals surface area contributed by atoms with Gasteiger partial charge in [0.1, 0.15) is 0 Å². The maximum absolute atomic E-state index is 6.45. The van der Waals surface area contributed by atoms with Crippen LogP contribution in [0.3, 0.4) is 0 Å². The number of aryl methyl sites for hydroxylation is 2. The van der Waals surface area contributed by atoms with Crippen LogP contribution in [0.5, 0.6) is 0 Å². The summed E-state index contributed by atoms with van der Waals surface area (Å²) in [6, 6.07) is 14.8. The van der Waals surface area contributed by atoms with Crippen molar-refractivity contribution in [1.82, 2.24) is 8.97 Å². The SMILES string of the molecule is Cc1cccc(C)c1-n1c(C)c(N)c2c1cc1ccccn12. The summed E-state index contributed by atoms with van der Waals surface area (Å²) in [5.41, 5.74) is 15.6. The Balaban J connectivity index is 2.21. The number of aromatic nitrogens is 2. The van der Waals surface area contributed by atoms with Gasteiger partial charge in [-0.2, -0.15) is 0 Å². The number of benzene rings is 1. The molecule has 4 aromatic rings. The average molecular weight is 289 g/mol. The Hall–Kier alpha value is -2.68. The van der Waals surface area contributed by atoms with Crippen molar-refractivity contribution in [2.75, 3.05) is 5.73 Å². The van der Waals surface area contributed by atoms with E-state index in [1.807, 2.05) is 6.07 Å². The second-order valence-electron chi connectivity index (χ2n) is 5.95. The van der Waals surface area contributed by atoms with Crippen LogP contribution in [0.1, 0.15) is 16.8 Å². The minimum absolute atomic E-state index is 0.851. The molecule has 0 fully saturated rings. The average Bonchev–Trinajstić information content (AvgIpc) is 2.98. The monoisotopic (exact) mass is 289 g/mol. The van der Waals surface area contributed by atoms with Crippen LogP contribution in [0.25, 0.3) is 22.2 Å². The van der Waals surface area contributed by atoms with Crippen molar-refractivity contribution in [2.24, 2.45) is 0 Å². The van der Waals surface area contributed by atoms with Gasteiger partial charge in [0.05, 0.1) is 22.4 Å². The first-order valence-corrected chi connectivity index (χ1v) is 7.52. The van der Waals surface area contributed by atoms with Crippen molar-refractivity contribution >= 4 is 22.2 Å². The predicted molar refractivity (Wildman–Crippen MR) is 92.9 cm³/mol. The molecular weight excluding hydrogens is 270 g/mol. The van der Waals surface area contributed by atoms with Gasteiger partial charge < -0.3 is 14.7 Å². The van der Waals surface area contributed by atoms with Crippen molar-refractivity contribution in [1.29, 1.82) is 0 Å². The zero-order chi connectivity index (χ0) is 15.4. The van der Waals surface area contributed by atoms with Gasteiger partial charge in [-0.15, -0.1) is 0 Å². The summed E-state index contributed by atoms with van der Waals surface area (Å²) in [4.78, 5) is 0. The molecule has 1 aromatic carbocycles. The normalized spacial score (nSPS) is 11.6. The Kier molecular flexibility index (Phi) is 2.61. The van der Waals surface area contributed by atoms with Gasteiger partial charge in [0, 0.05) is 17.4 Å². The van der Waals surface area contributed by atoms with Gasteiger partial charge in [0.25, 0.3) is 0 Å². The highest BCUT2D eigenvalue weighted by Crippen LogP contribution is 2.35. The summed E-state index contributed by atoms with van der Waals surface area (Å²) >= 11 is 0. The van der Waals surface area contributed by atoms with Crippen molar-refractivity contribution in [2.45, 2.75) is 20.8 Å². The van der Waals surface area contributed by atoms with E-state index in [2.05, 4.69) is 72.3 Å². The van der Waals surface area contributed by atoms with Gasteiger partial charge >= 0.3 is 0 Å². The molecule has 0 amide bonds. The Morgan fingerprint density at radius 2 is 1.64 bits per heavy atom. The summed E-state index contributed by atoms with van der Waals surface area (Å²) in [5.74, 6) is 0. The molecule has 0 radical (unpaired) electrons. The van der Waals surface area contributed by atoms with Crippen LogP contribution in [0.2, 0.25) is 0 Å². The van der Waals surface area contributed by atoms with Crippen molar-refractivity contribution in [3.05, 3.63) is 65.5 Å². The third-order valence-electron chi connectivity index (χ3n) is 4.54. The molecule has 0 unspecified atom stereocenters. The van der Waals surface area contributed by atoms with Crippen LogP contribution in [0, 0.1) is 20.8 Å². The summed E-state index contributed by atoms with van der Waals surface area (Å²) < 4.78 is 4.46. The summed E-state index contributed by atoms with van der Waals surface area (Å²) in [7, 11) is 0. The van der Waals surface area contributed by atoms with E-state index in [0.717, 1.165) is 16.9 Å². The van der Waals surface area contributed by atoms with Crippen LogP contribution in [0.4, 0.5) is 5.69 Å². The lowest BCUT2D eigenvalue weighted by Crippen LogP contribution is -2.02. The van der Waals surface area contributed by atoms with Gasteiger partial charge in [-0.25, -0.2) is 0 Å². The molecule has 0 aliphatic rings. The fourth-order valence-corrected chi connectivity index (χ4v) is 3.47. The van der Waals surface area contributed by atoms with E-state index in [-0.39, 0.29) is 0 Å². The molecule has 3 heterocycles. The highest BCUT2D eigenvalue weighted by Gasteiger charge is 2.19. The second-order valence-corrected chi connectivity index (χ2v) is 5.95. The van der Waals surface area contributed by atoms with Crippen molar-refractivity contribution in [3.63, 3.8) is 0 Å². The number of anilines is 1. The standard InChI is InChI=1S/C19H19N3/c1-12-7-6-8-13(2)18(12)22-14(3)17(20)19-16(22)11-15-9-4-5-10-21(15)19/h4-11H,20H2,1-3H3. The molecule has 0 atom stereocenters. The Morgan fingerprint density at radius 3 is 2.36 bits per heavy atom. The summed E-state index contributed by atoms with van der Waals surface area (Å²) in [6.07, 6.45) is 2.07. The van der Waals surface area contributed by atoms with E-state index in [4.69, 9.17) is 5.73 Å². The molecule has 0 spiro atoms. The van der Waals surface area contributed by atoms with Gasteiger partial charge in [0.15, 0.2) is 0 Å². The first-order chi connectivity index (χ1) is 10.6. The topological polar surface area (TPSA) is 35.4 Å². The van der Waals surface area contributed by atoms with Gasteiger partial charge in [-0.1, -0.05) is 24.3 Å². The number of para-hydroxylation sites is 1. The van der Waals surface area contributed by atoms with E-state index >= 15 is 0 Å². The largest absolute Gasteiger partial charge is 0.396 e. The third-order valence-corrected chi connectivity index (χ3v) is 4.54. The number of pyridine rings is 1. The smallest absolute Gasteiger partial charge is 0.0949 e.